The number of fused-ring (bicyclic) bond motifs is 1. The third-order valence-corrected chi connectivity index (χ3v) is 6.82. The maximum Gasteiger partial charge on any atom is 0.416 e. The number of aryl methyl sites for hydroxylation is 1. The van der Waals surface area contributed by atoms with Gasteiger partial charge in [-0.05, 0) is 63.3 Å². The van der Waals surface area contributed by atoms with Crippen LogP contribution < -0.4 is 10.9 Å². The monoisotopic (exact) mass is 533 g/mol. The van der Waals surface area contributed by atoms with E-state index in [9.17, 15) is 22.8 Å². The molecule has 2 N–H and O–H groups in total. The molecule has 1 saturated carbocycles. The van der Waals surface area contributed by atoms with E-state index in [-0.39, 0.29) is 51.8 Å². The lowest BCUT2D eigenvalue weighted by Gasteiger charge is -2.35. The average Bonchev–Trinajstić information content (AvgIpc) is 3.66. The van der Waals surface area contributed by atoms with Gasteiger partial charge in [0.25, 0.3) is 11.5 Å². The number of rotatable bonds is 5. The minimum Gasteiger partial charge on any atom is -0.372 e. The molecular weight excluding hydrogens is 506 g/mol. The van der Waals surface area contributed by atoms with Crippen molar-refractivity contribution in [2.75, 3.05) is 18.4 Å². The molecule has 0 bridgehead atoms. The number of anilines is 1. The number of ether oxygens (including phenoxy) is 1. The molecule has 12 heteroatoms. The SMILES string of the molecule is Cc1nc2cc(C(F)(F)F)c(C(Nc3ncc(C(=O)N4CC(C)OC(C)C4)cc3F)C3CC3)cc2c(=O)[nH]1. The second-order valence-corrected chi connectivity index (χ2v) is 10.1. The fourth-order valence-electron chi connectivity index (χ4n) is 5.04. The van der Waals surface area contributed by atoms with Gasteiger partial charge in [-0.2, -0.15) is 13.2 Å². The number of aromatic nitrogens is 3. The summed E-state index contributed by atoms with van der Waals surface area (Å²) in [6, 6.07) is 2.12. The highest BCUT2D eigenvalue weighted by Crippen LogP contribution is 2.47. The molecule has 1 aliphatic heterocycles. The third kappa shape index (κ3) is 5.22. The molecule has 3 aromatic rings. The Morgan fingerprint density at radius 3 is 2.47 bits per heavy atom. The molecule has 1 aliphatic carbocycles. The Kier molecular flexibility index (Phi) is 6.62. The Morgan fingerprint density at radius 2 is 1.87 bits per heavy atom. The second-order valence-electron chi connectivity index (χ2n) is 10.1. The van der Waals surface area contributed by atoms with Gasteiger partial charge in [0, 0.05) is 19.3 Å². The molecule has 1 aromatic carbocycles. The normalized spacial score (nSPS) is 21.0. The number of hydrogen-bond acceptors (Lipinski definition) is 6. The maximum absolute atomic E-state index is 15.2. The minimum absolute atomic E-state index is 0.00870. The van der Waals surface area contributed by atoms with Gasteiger partial charge in [-0.3, -0.25) is 9.59 Å². The lowest BCUT2D eigenvalue weighted by atomic mass is 9.94. The van der Waals surface area contributed by atoms with Crippen LogP contribution in [0.2, 0.25) is 0 Å². The first-order valence-electron chi connectivity index (χ1n) is 12.4. The molecule has 2 fully saturated rings. The number of morpholine rings is 1. The van der Waals surface area contributed by atoms with Crippen molar-refractivity contribution in [2.45, 2.75) is 58.0 Å². The van der Waals surface area contributed by atoms with E-state index in [1.54, 1.807) is 4.90 Å². The molecule has 1 saturated heterocycles. The molecule has 3 atom stereocenters. The van der Waals surface area contributed by atoms with Gasteiger partial charge in [0.1, 0.15) is 5.82 Å². The van der Waals surface area contributed by atoms with Gasteiger partial charge in [0.2, 0.25) is 0 Å². The van der Waals surface area contributed by atoms with Crippen molar-refractivity contribution in [1.82, 2.24) is 19.9 Å². The van der Waals surface area contributed by atoms with Crippen LogP contribution in [0.4, 0.5) is 23.4 Å². The number of H-pyrrole nitrogens is 1. The molecule has 2 aliphatic rings. The fourth-order valence-corrected chi connectivity index (χ4v) is 5.04. The summed E-state index contributed by atoms with van der Waals surface area (Å²) in [5, 5.41) is 2.84. The molecule has 3 heterocycles. The second kappa shape index (κ2) is 9.64. The highest BCUT2D eigenvalue weighted by Gasteiger charge is 2.41. The van der Waals surface area contributed by atoms with Gasteiger partial charge < -0.3 is 19.9 Å². The van der Waals surface area contributed by atoms with Gasteiger partial charge >= 0.3 is 6.18 Å². The van der Waals surface area contributed by atoms with E-state index >= 15 is 4.39 Å². The molecule has 5 rings (SSSR count). The summed E-state index contributed by atoms with van der Waals surface area (Å²) in [4.78, 5) is 37.6. The van der Waals surface area contributed by atoms with Gasteiger partial charge in [-0.15, -0.1) is 0 Å². The van der Waals surface area contributed by atoms with Crippen molar-refractivity contribution in [1.29, 1.82) is 0 Å². The summed E-state index contributed by atoms with van der Waals surface area (Å²) in [6.07, 6.45) is -2.60. The number of amides is 1. The first-order chi connectivity index (χ1) is 17.9. The first-order valence-corrected chi connectivity index (χ1v) is 12.4. The van der Waals surface area contributed by atoms with Crippen LogP contribution in [0.25, 0.3) is 10.9 Å². The topological polar surface area (TPSA) is 100 Å². The number of nitrogens with zero attached hydrogens (tertiary/aromatic N) is 3. The molecule has 202 valence electrons. The van der Waals surface area contributed by atoms with Crippen molar-refractivity contribution in [3.8, 4) is 0 Å². The van der Waals surface area contributed by atoms with E-state index in [4.69, 9.17) is 4.74 Å². The quantitative estimate of drug-likeness (QED) is 0.465. The van der Waals surface area contributed by atoms with Crippen LogP contribution in [0.5, 0.6) is 0 Å². The smallest absolute Gasteiger partial charge is 0.372 e. The van der Waals surface area contributed by atoms with Crippen molar-refractivity contribution in [2.24, 2.45) is 5.92 Å². The number of hydrogen-bond donors (Lipinski definition) is 2. The predicted molar refractivity (Wildman–Crippen MR) is 131 cm³/mol. The minimum atomic E-state index is -4.73. The lowest BCUT2D eigenvalue weighted by Crippen LogP contribution is -2.48. The number of halogens is 4. The summed E-state index contributed by atoms with van der Waals surface area (Å²) in [7, 11) is 0. The molecule has 3 unspecified atom stereocenters. The van der Waals surface area contributed by atoms with Gasteiger partial charge in [-0.25, -0.2) is 14.4 Å². The van der Waals surface area contributed by atoms with Crippen LogP contribution in [0.3, 0.4) is 0 Å². The van der Waals surface area contributed by atoms with Crippen LogP contribution >= 0.6 is 0 Å². The van der Waals surface area contributed by atoms with Crippen molar-refractivity contribution in [3.05, 3.63) is 63.1 Å². The van der Waals surface area contributed by atoms with E-state index in [1.807, 2.05) is 13.8 Å². The summed E-state index contributed by atoms with van der Waals surface area (Å²) in [5.41, 5.74) is -1.73. The number of pyridine rings is 1. The largest absolute Gasteiger partial charge is 0.416 e. The standard InChI is InChI=1S/C26H27F4N5O3/c1-12-10-35(11-13(2)38-12)25(37)16-6-20(27)23(31-9-16)34-22(15-4-5-15)17-7-18-21(8-19(17)26(28,29)30)32-14(3)33-24(18)36/h6-9,12-13,15,22H,4-5,10-11H2,1-3H3,(H,31,34)(H,32,33,36). The van der Waals surface area contributed by atoms with Crippen molar-refractivity contribution in [3.63, 3.8) is 0 Å². The Bertz CT molecular complexity index is 1440. The molecule has 1 amide bonds. The van der Waals surface area contributed by atoms with Gasteiger partial charge in [0.05, 0.1) is 40.3 Å². The molecule has 0 spiro atoms. The Morgan fingerprint density at radius 1 is 1.18 bits per heavy atom. The molecule has 0 radical (unpaired) electrons. The van der Waals surface area contributed by atoms with E-state index < -0.39 is 35.1 Å². The molecular formula is C26H27F4N5O3. The summed E-state index contributed by atoms with van der Waals surface area (Å²) >= 11 is 0. The third-order valence-electron chi connectivity index (χ3n) is 6.82. The summed E-state index contributed by atoms with van der Waals surface area (Å²) in [5.74, 6) is -1.56. The van der Waals surface area contributed by atoms with Gasteiger partial charge in [-0.1, -0.05) is 0 Å². The highest BCUT2D eigenvalue weighted by molar-refractivity contribution is 5.94. The lowest BCUT2D eigenvalue weighted by molar-refractivity contribution is -0.138. The summed E-state index contributed by atoms with van der Waals surface area (Å²) < 4.78 is 63.2. The number of carbonyl (C=O) groups is 1. The van der Waals surface area contributed by atoms with Gasteiger partial charge in [0.15, 0.2) is 11.6 Å². The molecule has 2 aromatic heterocycles. The molecule has 8 nitrogen and oxygen atoms in total. The Hall–Kier alpha value is -3.54. The zero-order valence-electron chi connectivity index (χ0n) is 21.0. The Balaban J connectivity index is 1.49. The molecule has 38 heavy (non-hydrogen) atoms. The zero-order chi connectivity index (χ0) is 27.4. The van der Waals surface area contributed by atoms with E-state index in [2.05, 4.69) is 20.3 Å². The van der Waals surface area contributed by atoms with Crippen LogP contribution in [-0.4, -0.2) is 51.1 Å². The highest BCUT2D eigenvalue weighted by atomic mass is 19.4. The van der Waals surface area contributed by atoms with E-state index in [0.717, 1.165) is 12.1 Å². The number of alkyl halides is 3. The average molecular weight is 534 g/mol. The first kappa shape index (κ1) is 26.1. The van der Waals surface area contributed by atoms with E-state index in [1.165, 1.54) is 19.2 Å². The number of benzene rings is 1. The fraction of sp³-hybridized carbons (Fsp3) is 0.462. The predicted octanol–water partition coefficient (Wildman–Crippen LogP) is 4.60. The van der Waals surface area contributed by atoms with Crippen LogP contribution in [0.15, 0.2) is 29.2 Å². The number of carbonyl (C=O) groups excluding carboxylic acids is 1. The van der Waals surface area contributed by atoms with Crippen LogP contribution in [0, 0.1) is 18.7 Å². The van der Waals surface area contributed by atoms with Crippen LogP contribution in [-0.2, 0) is 10.9 Å². The number of nitrogens with one attached hydrogen (secondary N) is 2. The van der Waals surface area contributed by atoms with Crippen molar-refractivity contribution >= 4 is 22.6 Å². The number of aromatic amines is 1. The van der Waals surface area contributed by atoms with Crippen molar-refractivity contribution < 1.29 is 27.1 Å². The Labute approximate surface area is 215 Å². The zero-order valence-corrected chi connectivity index (χ0v) is 21.0. The maximum atomic E-state index is 15.2. The summed E-state index contributed by atoms with van der Waals surface area (Å²) in [6.45, 7) is 5.87. The van der Waals surface area contributed by atoms with Crippen LogP contribution in [0.1, 0.15) is 60.0 Å². The van der Waals surface area contributed by atoms with E-state index in [0.29, 0.717) is 25.9 Å².